The molecule has 1 atom stereocenters. The predicted octanol–water partition coefficient (Wildman–Crippen LogP) is 3.70. The molecule has 2 aromatic rings. The van der Waals surface area contributed by atoms with Crippen LogP contribution >= 0.6 is 0 Å². The molecular formula is C22H29N3O3S. The predicted molar refractivity (Wildman–Crippen MR) is 119 cm³/mol. The Balaban J connectivity index is 1.80. The highest BCUT2D eigenvalue weighted by molar-refractivity contribution is 7.92. The lowest BCUT2D eigenvalue weighted by Crippen LogP contribution is -2.45. The second-order valence-electron chi connectivity index (χ2n) is 7.76. The summed E-state index contributed by atoms with van der Waals surface area (Å²) < 4.78 is 26.2. The van der Waals surface area contributed by atoms with Gasteiger partial charge in [-0.15, -0.1) is 0 Å². The number of hydrogen-bond acceptors (Lipinski definition) is 4. The average Bonchev–Trinajstić information content (AvgIpc) is 3.19. The van der Waals surface area contributed by atoms with Crippen molar-refractivity contribution in [2.45, 2.75) is 39.7 Å². The summed E-state index contributed by atoms with van der Waals surface area (Å²) in [6.07, 6.45) is 3.54. The van der Waals surface area contributed by atoms with Gasteiger partial charge in [0.25, 0.3) is 0 Å². The number of benzene rings is 2. The molecule has 0 bridgehead atoms. The molecule has 0 spiro atoms. The third-order valence-corrected chi connectivity index (χ3v) is 6.52. The molecule has 0 radical (unpaired) electrons. The van der Waals surface area contributed by atoms with Crippen LogP contribution in [0.3, 0.4) is 0 Å². The Hall–Kier alpha value is -2.54. The minimum atomic E-state index is -3.65. The molecule has 2 aromatic carbocycles. The van der Waals surface area contributed by atoms with Gasteiger partial charge in [-0.3, -0.25) is 9.10 Å². The molecule has 1 fully saturated rings. The van der Waals surface area contributed by atoms with E-state index in [1.54, 1.807) is 13.0 Å². The Morgan fingerprint density at radius 3 is 2.28 bits per heavy atom. The first-order valence-electron chi connectivity index (χ1n) is 9.89. The molecule has 0 aliphatic carbocycles. The molecule has 1 amide bonds. The summed E-state index contributed by atoms with van der Waals surface area (Å²) >= 11 is 0. The number of carbonyl (C=O) groups excluding carboxylic acids is 1. The van der Waals surface area contributed by atoms with Gasteiger partial charge in [-0.25, -0.2) is 8.42 Å². The highest BCUT2D eigenvalue weighted by Gasteiger charge is 2.30. The summed E-state index contributed by atoms with van der Waals surface area (Å²) in [7, 11) is -3.65. The van der Waals surface area contributed by atoms with E-state index in [0.29, 0.717) is 11.4 Å². The Labute approximate surface area is 173 Å². The second-order valence-corrected chi connectivity index (χ2v) is 9.61. The van der Waals surface area contributed by atoms with Crippen molar-refractivity contribution >= 4 is 33.0 Å². The lowest BCUT2D eigenvalue weighted by atomic mass is 10.1. The average molecular weight is 416 g/mol. The largest absolute Gasteiger partial charge is 0.372 e. The second kappa shape index (κ2) is 8.45. The van der Waals surface area contributed by atoms with E-state index in [1.807, 2.05) is 50.2 Å². The van der Waals surface area contributed by atoms with Crippen LogP contribution < -0.4 is 14.5 Å². The third-order valence-electron chi connectivity index (χ3n) is 5.30. The number of nitrogens with one attached hydrogen (secondary N) is 1. The molecule has 6 nitrogen and oxygen atoms in total. The van der Waals surface area contributed by atoms with E-state index in [9.17, 15) is 13.2 Å². The smallest absolute Gasteiger partial charge is 0.247 e. The normalized spacial score (nSPS) is 15.2. The fraction of sp³-hybridized carbons (Fsp3) is 0.409. The first-order valence-corrected chi connectivity index (χ1v) is 11.7. The van der Waals surface area contributed by atoms with Crippen LogP contribution in [-0.4, -0.2) is 39.7 Å². The molecule has 1 heterocycles. The topological polar surface area (TPSA) is 69.7 Å². The molecule has 7 heteroatoms. The van der Waals surface area contributed by atoms with Crippen molar-refractivity contribution in [3.05, 3.63) is 53.6 Å². The van der Waals surface area contributed by atoms with E-state index in [2.05, 4.69) is 10.2 Å². The van der Waals surface area contributed by atoms with Crippen molar-refractivity contribution in [1.29, 1.82) is 0 Å². The number of nitrogens with zero attached hydrogens (tertiary/aromatic N) is 2. The molecule has 1 saturated heterocycles. The van der Waals surface area contributed by atoms with Gasteiger partial charge in [0.2, 0.25) is 15.9 Å². The minimum Gasteiger partial charge on any atom is -0.372 e. The summed E-state index contributed by atoms with van der Waals surface area (Å²) in [5.41, 5.74) is 4.06. The lowest BCUT2D eigenvalue weighted by Gasteiger charge is -2.29. The van der Waals surface area contributed by atoms with Crippen molar-refractivity contribution in [1.82, 2.24) is 0 Å². The maximum Gasteiger partial charge on any atom is 0.247 e. The number of carbonyl (C=O) groups is 1. The van der Waals surface area contributed by atoms with Gasteiger partial charge < -0.3 is 10.2 Å². The van der Waals surface area contributed by atoms with Gasteiger partial charge in [0.05, 0.1) is 11.9 Å². The van der Waals surface area contributed by atoms with E-state index in [1.165, 1.54) is 17.1 Å². The fourth-order valence-electron chi connectivity index (χ4n) is 3.72. The van der Waals surface area contributed by atoms with Gasteiger partial charge in [0.15, 0.2) is 0 Å². The fourth-order valence-corrected chi connectivity index (χ4v) is 4.94. The van der Waals surface area contributed by atoms with Gasteiger partial charge in [0.1, 0.15) is 6.04 Å². The van der Waals surface area contributed by atoms with Gasteiger partial charge in [-0.2, -0.15) is 0 Å². The highest BCUT2D eigenvalue weighted by atomic mass is 32.2. The van der Waals surface area contributed by atoms with Crippen LogP contribution in [0.15, 0.2) is 42.5 Å². The Kier molecular flexibility index (Phi) is 6.17. The lowest BCUT2D eigenvalue weighted by molar-refractivity contribution is -0.116. The summed E-state index contributed by atoms with van der Waals surface area (Å²) in [6.45, 7) is 7.46. The molecule has 0 aromatic heterocycles. The Bertz CT molecular complexity index is 981. The number of hydrogen-bond donors (Lipinski definition) is 1. The molecule has 29 heavy (non-hydrogen) atoms. The van der Waals surface area contributed by atoms with E-state index in [-0.39, 0.29) is 5.91 Å². The van der Waals surface area contributed by atoms with Crippen molar-refractivity contribution < 1.29 is 13.2 Å². The van der Waals surface area contributed by atoms with E-state index in [0.717, 1.165) is 36.2 Å². The Morgan fingerprint density at radius 2 is 1.69 bits per heavy atom. The standard InChI is InChI=1S/C22H29N3O3S/c1-16-7-8-17(2)21(15-16)25(29(4,27)28)18(3)22(26)23-19-9-11-20(12-10-19)24-13-5-6-14-24/h7-12,15,18H,5-6,13-14H2,1-4H3,(H,23,26). The number of amides is 1. The first kappa shape index (κ1) is 21.2. The zero-order valence-corrected chi connectivity index (χ0v) is 18.3. The number of rotatable bonds is 6. The van der Waals surface area contributed by atoms with Gasteiger partial charge in [0, 0.05) is 24.5 Å². The molecule has 1 aliphatic rings. The van der Waals surface area contributed by atoms with Gasteiger partial charge in [-0.05, 0) is 75.1 Å². The van der Waals surface area contributed by atoms with E-state index in [4.69, 9.17) is 0 Å². The zero-order chi connectivity index (χ0) is 21.2. The maximum atomic E-state index is 12.9. The summed E-state index contributed by atoms with van der Waals surface area (Å²) in [5, 5.41) is 2.85. The number of sulfonamides is 1. The molecular weight excluding hydrogens is 386 g/mol. The van der Waals surface area contributed by atoms with Crippen LogP contribution in [0.4, 0.5) is 17.1 Å². The van der Waals surface area contributed by atoms with Crippen molar-refractivity contribution in [2.75, 3.05) is 33.9 Å². The van der Waals surface area contributed by atoms with E-state index >= 15 is 0 Å². The minimum absolute atomic E-state index is 0.370. The van der Waals surface area contributed by atoms with Crippen LogP contribution in [0.5, 0.6) is 0 Å². The monoisotopic (exact) mass is 415 g/mol. The maximum absolute atomic E-state index is 12.9. The summed E-state index contributed by atoms with van der Waals surface area (Å²) in [5.74, 6) is -0.370. The molecule has 0 saturated carbocycles. The number of anilines is 3. The van der Waals surface area contributed by atoms with Crippen LogP contribution in [0.25, 0.3) is 0 Å². The molecule has 1 unspecified atom stereocenters. The van der Waals surface area contributed by atoms with Crippen molar-refractivity contribution in [2.24, 2.45) is 0 Å². The third kappa shape index (κ3) is 4.90. The van der Waals surface area contributed by atoms with Crippen molar-refractivity contribution in [3.8, 4) is 0 Å². The van der Waals surface area contributed by atoms with Crippen LogP contribution in [0, 0.1) is 13.8 Å². The first-order chi connectivity index (χ1) is 13.7. The van der Waals surface area contributed by atoms with Gasteiger partial charge >= 0.3 is 0 Å². The molecule has 156 valence electrons. The molecule has 3 rings (SSSR count). The molecule has 1 aliphatic heterocycles. The molecule has 1 N–H and O–H groups in total. The van der Waals surface area contributed by atoms with Crippen LogP contribution in [0.2, 0.25) is 0 Å². The van der Waals surface area contributed by atoms with E-state index < -0.39 is 16.1 Å². The van der Waals surface area contributed by atoms with Crippen LogP contribution in [0.1, 0.15) is 30.9 Å². The summed E-state index contributed by atoms with van der Waals surface area (Å²) in [6, 6.07) is 12.4. The number of aryl methyl sites for hydroxylation is 2. The zero-order valence-electron chi connectivity index (χ0n) is 17.5. The quantitative estimate of drug-likeness (QED) is 0.781. The van der Waals surface area contributed by atoms with Crippen molar-refractivity contribution in [3.63, 3.8) is 0 Å². The Morgan fingerprint density at radius 1 is 1.07 bits per heavy atom. The summed E-state index contributed by atoms with van der Waals surface area (Å²) in [4.78, 5) is 15.2. The van der Waals surface area contributed by atoms with Crippen LogP contribution in [-0.2, 0) is 14.8 Å². The highest BCUT2D eigenvalue weighted by Crippen LogP contribution is 2.27. The van der Waals surface area contributed by atoms with Gasteiger partial charge in [-0.1, -0.05) is 12.1 Å². The SMILES string of the molecule is Cc1ccc(C)c(N(C(C)C(=O)Nc2ccc(N3CCCC3)cc2)S(C)(=O)=O)c1.